The summed E-state index contributed by atoms with van der Waals surface area (Å²) in [5.41, 5.74) is 8.26. The van der Waals surface area contributed by atoms with Crippen LogP contribution in [-0.2, 0) is 7.05 Å². The summed E-state index contributed by atoms with van der Waals surface area (Å²) in [6.45, 7) is 6.62. The molecule has 0 spiro atoms. The molecule has 0 amide bonds. The highest BCUT2D eigenvalue weighted by atomic mass is 15.2. The summed E-state index contributed by atoms with van der Waals surface area (Å²) < 4.78 is 2.28. The average Bonchev–Trinajstić information content (AvgIpc) is 2.90. The molecule has 0 bridgehead atoms. The average molecular weight is 303 g/mol. The van der Waals surface area contributed by atoms with Gasteiger partial charge in [-0.05, 0) is 43.6 Å². The lowest BCUT2D eigenvalue weighted by Gasteiger charge is -2.30. The standard InChI is InChI=1S/C21H23N2/c1-14-8-9-17-13-23-10-6-5-7-18(23)21(17)20(14)19-11-15(2)16(3)12-22(19)4/h5-13,18,21H,1-4H3/q+1. The molecule has 2 heteroatoms. The number of fused-ring (bicyclic) bond motifs is 3. The molecule has 1 aromatic heterocycles. The minimum Gasteiger partial charge on any atom is -0.346 e. The molecule has 0 saturated heterocycles. The van der Waals surface area contributed by atoms with Crippen molar-refractivity contribution in [2.45, 2.75) is 26.8 Å². The molecule has 2 aliphatic heterocycles. The first-order valence-electron chi connectivity index (χ1n) is 8.26. The lowest BCUT2D eigenvalue weighted by atomic mass is 9.78. The third kappa shape index (κ3) is 2.13. The van der Waals surface area contributed by atoms with E-state index in [1.54, 1.807) is 0 Å². The fourth-order valence-electron chi connectivity index (χ4n) is 3.94. The number of aryl methyl sites for hydroxylation is 3. The Morgan fingerprint density at radius 1 is 1.04 bits per heavy atom. The van der Waals surface area contributed by atoms with Gasteiger partial charge in [-0.3, -0.25) is 0 Å². The van der Waals surface area contributed by atoms with Crippen molar-refractivity contribution >= 4 is 5.57 Å². The summed E-state index contributed by atoms with van der Waals surface area (Å²) in [5.74, 6) is 0.412. The summed E-state index contributed by atoms with van der Waals surface area (Å²) in [6, 6.07) is 2.74. The molecule has 0 saturated carbocycles. The molecule has 2 nitrogen and oxygen atoms in total. The van der Waals surface area contributed by atoms with E-state index in [4.69, 9.17) is 0 Å². The van der Waals surface area contributed by atoms with Crippen LogP contribution in [0.15, 0.2) is 66.2 Å². The Kier molecular flexibility index (Phi) is 3.15. The molecular formula is C21H23N2+. The maximum atomic E-state index is 2.34. The number of rotatable bonds is 1. The fraction of sp³-hybridized carbons (Fsp3) is 0.286. The first-order chi connectivity index (χ1) is 11.1. The minimum absolute atomic E-state index is 0.395. The van der Waals surface area contributed by atoms with E-state index in [0.29, 0.717) is 12.0 Å². The zero-order valence-electron chi connectivity index (χ0n) is 14.2. The van der Waals surface area contributed by atoms with Crippen LogP contribution in [-0.4, -0.2) is 10.9 Å². The summed E-state index contributed by atoms with van der Waals surface area (Å²) in [4.78, 5) is 2.34. The molecule has 3 heterocycles. The predicted octanol–water partition coefficient (Wildman–Crippen LogP) is 3.74. The molecule has 2 atom stereocenters. The first-order valence-corrected chi connectivity index (χ1v) is 8.26. The van der Waals surface area contributed by atoms with Gasteiger partial charge in [0.05, 0.1) is 6.04 Å². The normalized spacial score (nSPS) is 24.9. The zero-order chi connectivity index (χ0) is 16.1. The van der Waals surface area contributed by atoms with Crippen LogP contribution in [0.5, 0.6) is 0 Å². The number of hydrogen-bond acceptors (Lipinski definition) is 1. The Bertz CT molecular complexity index is 834. The lowest BCUT2D eigenvalue weighted by molar-refractivity contribution is -0.674. The Hall–Kier alpha value is -2.35. The van der Waals surface area contributed by atoms with Gasteiger partial charge in [0.1, 0.15) is 7.05 Å². The van der Waals surface area contributed by atoms with E-state index in [2.05, 4.69) is 92.3 Å². The van der Waals surface area contributed by atoms with Gasteiger partial charge in [0, 0.05) is 35.5 Å². The molecule has 0 N–H and O–H groups in total. The van der Waals surface area contributed by atoms with E-state index in [9.17, 15) is 0 Å². The molecule has 116 valence electrons. The van der Waals surface area contributed by atoms with Crippen LogP contribution in [0, 0.1) is 19.8 Å². The van der Waals surface area contributed by atoms with Gasteiger partial charge in [0.2, 0.25) is 5.69 Å². The van der Waals surface area contributed by atoms with Gasteiger partial charge in [0.15, 0.2) is 6.20 Å². The zero-order valence-corrected chi connectivity index (χ0v) is 14.2. The molecule has 1 aromatic rings. The second kappa shape index (κ2) is 5.09. The minimum atomic E-state index is 0.395. The van der Waals surface area contributed by atoms with Crippen LogP contribution < -0.4 is 4.57 Å². The molecular weight excluding hydrogens is 280 g/mol. The molecule has 2 unspecified atom stereocenters. The lowest BCUT2D eigenvalue weighted by Crippen LogP contribution is -2.38. The van der Waals surface area contributed by atoms with E-state index in [1.165, 1.54) is 33.5 Å². The molecule has 0 fully saturated rings. The van der Waals surface area contributed by atoms with Crippen molar-refractivity contribution in [3.05, 3.63) is 83.0 Å². The van der Waals surface area contributed by atoms with Crippen LogP contribution >= 0.6 is 0 Å². The Morgan fingerprint density at radius 3 is 2.70 bits per heavy atom. The van der Waals surface area contributed by atoms with Crippen LogP contribution in [0.4, 0.5) is 0 Å². The van der Waals surface area contributed by atoms with Crippen molar-refractivity contribution in [1.82, 2.24) is 4.90 Å². The molecule has 0 aromatic carbocycles. The second-order valence-electron chi connectivity index (χ2n) is 6.84. The Labute approximate surface area is 138 Å². The van der Waals surface area contributed by atoms with Crippen LogP contribution in [0.25, 0.3) is 5.57 Å². The summed E-state index contributed by atoms with van der Waals surface area (Å²) in [6.07, 6.45) is 17.9. The van der Waals surface area contributed by atoms with Crippen molar-refractivity contribution in [2.75, 3.05) is 0 Å². The third-order valence-corrected chi connectivity index (χ3v) is 5.30. The molecule has 4 rings (SSSR count). The van der Waals surface area contributed by atoms with E-state index in [-0.39, 0.29) is 0 Å². The topological polar surface area (TPSA) is 7.12 Å². The van der Waals surface area contributed by atoms with E-state index in [0.717, 1.165) is 0 Å². The van der Waals surface area contributed by atoms with Gasteiger partial charge in [0.25, 0.3) is 0 Å². The number of hydrogen-bond donors (Lipinski definition) is 0. The van der Waals surface area contributed by atoms with Gasteiger partial charge in [-0.25, -0.2) is 4.57 Å². The largest absolute Gasteiger partial charge is 0.346 e. The smallest absolute Gasteiger partial charge is 0.209 e. The maximum absolute atomic E-state index is 2.34. The van der Waals surface area contributed by atoms with Gasteiger partial charge >= 0.3 is 0 Å². The first kappa shape index (κ1) is 14.3. The Balaban J connectivity index is 1.89. The van der Waals surface area contributed by atoms with Crippen LogP contribution in [0.1, 0.15) is 23.7 Å². The molecule has 0 radical (unpaired) electrons. The number of pyridine rings is 1. The number of aromatic nitrogens is 1. The summed E-state index contributed by atoms with van der Waals surface area (Å²) in [7, 11) is 2.16. The Morgan fingerprint density at radius 2 is 1.87 bits per heavy atom. The SMILES string of the molecule is CC1=C(c2cc(C)c(C)c[n+]2C)C2C(=CN3C=CC=CC23)C=C1. The quantitative estimate of drug-likeness (QED) is 0.717. The van der Waals surface area contributed by atoms with E-state index in [1.807, 2.05) is 0 Å². The highest BCUT2D eigenvalue weighted by Crippen LogP contribution is 2.44. The monoisotopic (exact) mass is 303 g/mol. The highest BCUT2D eigenvalue weighted by Gasteiger charge is 2.40. The summed E-state index contributed by atoms with van der Waals surface area (Å²) in [5, 5.41) is 0. The predicted molar refractivity (Wildman–Crippen MR) is 94.3 cm³/mol. The number of nitrogens with zero attached hydrogens (tertiary/aromatic N) is 2. The third-order valence-electron chi connectivity index (χ3n) is 5.30. The van der Waals surface area contributed by atoms with Gasteiger partial charge in [-0.2, -0.15) is 0 Å². The van der Waals surface area contributed by atoms with Gasteiger partial charge in [-0.1, -0.05) is 24.3 Å². The van der Waals surface area contributed by atoms with Crippen molar-refractivity contribution in [3.8, 4) is 0 Å². The van der Waals surface area contributed by atoms with Crippen molar-refractivity contribution in [1.29, 1.82) is 0 Å². The second-order valence-corrected chi connectivity index (χ2v) is 6.84. The van der Waals surface area contributed by atoms with Crippen LogP contribution in [0.3, 0.4) is 0 Å². The van der Waals surface area contributed by atoms with Crippen LogP contribution in [0.2, 0.25) is 0 Å². The van der Waals surface area contributed by atoms with E-state index >= 15 is 0 Å². The molecule has 1 aliphatic carbocycles. The van der Waals surface area contributed by atoms with Crippen molar-refractivity contribution in [2.24, 2.45) is 13.0 Å². The fourth-order valence-corrected chi connectivity index (χ4v) is 3.94. The van der Waals surface area contributed by atoms with E-state index < -0.39 is 0 Å². The van der Waals surface area contributed by atoms with Crippen molar-refractivity contribution < 1.29 is 4.57 Å². The highest BCUT2D eigenvalue weighted by molar-refractivity contribution is 5.76. The molecule has 3 aliphatic rings. The summed E-state index contributed by atoms with van der Waals surface area (Å²) >= 11 is 0. The van der Waals surface area contributed by atoms with Crippen molar-refractivity contribution in [3.63, 3.8) is 0 Å². The number of allylic oxidation sites excluding steroid dienone is 5. The maximum Gasteiger partial charge on any atom is 0.209 e. The molecule has 23 heavy (non-hydrogen) atoms. The van der Waals surface area contributed by atoms with Gasteiger partial charge in [-0.15, -0.1) is 0 Å². The van der Waals surface area contributed by atoms with Gasteiger partial charge < -0.3 is 4.90 Å².